The van der Waals surface area contributed by atoms with Crippen molar-refractivity contribution in [2.24, 2.45) is 0 Å². The Morgan fingerprint density at radius 3 is 2.63 bits per heavy atom. The molecule has 0 bridgehead atoms. The lowest BCUT2D eigenvalue weighted by Gasteiger charge is -2.24. The summed E-state index contributed by atoms with van der Waals surface area (Å²) in [6, 6.07) is 13.5. The molecule has 7 nitrogen and oxygen atoms in total. The Labute approximate surface area is 171 Å². The number of halogens is 2. The van der Waals surface area contributed by atoms with E-state index in [2.05, 4.69) is 20.5 Å². The van der Waals surface area contributed by atoms with Crippen molar-refractivity contribution < 1.29 is 23.0 Å². The van der Waals surface area contributed by atoms with Crippen molar-refractivity contribution in [2.45, 2.75) is 12.7 Å². The molecule has 1 fully saturated rings. The van der Waals surface area contributed by atoms with Crippen molar-refractivity contribution in [3.05, 3.63) is 72.1 Å². The van der Waals surface area contributed by atoms with Gasteiger partial charge < -0.3 is 20.1 Å². The molecule has 1 amide bonds. The highest BCUT2D eigenvalue weighted by atomic mass is 19.3. The zero-order valence-electron chi connectivity index (χ0n) is 15.9. The van der Waals surface area contributed by atoms with Gasteiger partial charge in [-0.25, -0.2) is 4.68 Å². The number of nitrogens with one attached hydrogen (secondary N) is 2. The Balaban J connectivity index is 1.39. The molecule has 0 spiro atoms. The van der Waals surface area contributed by atoms with Crippen LogP contribution in [-0.2, 0) is 4.74 Å². The quantitative estimate of drug-likeness (QED) is 0.647. The molecular weight excluding hydrogens is 394 g/mol. The molecule has 1 aliphatic heterocycles. The van der Waals surface area contributed by atoms with Crippen molar-refractivity contribution in [3.8, 4) is 11.4 Å². The van der Waals surface area contributed by atoms with E-state index in [4.69, 9.17) is 4.74 Å². The van der Waals surface area contributed by atoms with E-state index in [1.54, 1.807) is 18.3 Å². The number of hydrogen-bond acceptors (Lipinski definition) is 5. The number of benzene rings is 2. The Hall–Kier alpha value is -3.30. The Morgan fingerprint density at radius 2 is 1.97 bits per heavy atom. The lowest BCUT2D eigenvalue weighted by Crippen LogP contribution is -2.33. The maximum absolute atomic E-state index is 12.5. The predicted molar refractivity (Wildman–Crippen MR) is 106 cm³/mol. The molecule has 2 N–H and O–H groups in total. The molecule has 1 atom stereocenters. The van der Waals surface area contributed by atoms with Crippen LogP contribution >= 0.6 is 0 Å². The van der Waals surface area contributed by atoms with Gasteiger partial charge in [0, 0.05) is 25.0 Å². The van der Waals surface area contributed by atoms with Crippen LogP contribution in [0.1, 0.15) is 22.0 Å². The van der Waals surface area contributed by atoms with Crippen molar-refractivity contribution in [1.82, 2.24) is 15.1 Å². The minimum atomic E-state index is -2.88. The molecule has 1 aliphatic rings. The molecule has 0 radical (unpaired) electrons. The summed E-state index contributed by atoms with van der Waals surface area (Å²) in [5, 5.41) is 10.3. The first-order valence-corrected chi connectivity index (χ1v) is 9.42. The average Bonchev–Trinajstić information content (AvgIpc) is 3.25. The number of carbonyl (C=O) groups excluding carboxylic acids is 1. The summed E-state index contributed by atoms with van der Waals surface area (Å²) < 4.78 is 36.0. The van der Waals surface area contributed by atoms with Crippen LogP contribution in [0.5, 0.6) is 5.75 Å². The SMILES string of the molecule is O=C(Nc1ccc([C@@H]2CNCCO2)cc1)c1cnn(-c2ccc(OC(F)F)cc2)c1. The molecule has 0 unspecified atom stereocenters. The molecule has 0 saturated carbocycles. The molecule has 2 heterocycles. The molecular formula is C21H20F2N4O3. The fourth-order valence-corrected chi connectivity index (χ4v) is 3.13. The third-order valence-electron chi connectivity index (χ3n) is 4.64. The molecule has 3 aromatic rings. The number of nitrogens with zero attached hydrogens (tertiary/aromatic N) is 2. The molecule has 30 heavy (non-hydrogen) atoms. The van der Waals surface area contributed by atoms with Crippen LogP contribution in [-0.4, -0.2) is 42.0 Å². The van der Waals surface area contributed by atoms with E-state index in [0.29, 0.717) is 23.5 Å². The fraction of sp³-hybridized carbons (Fsp3) is 0.238. The van der Waals surface area contributed by atoms with Crippen molar-refractivity contribution in [3.63, 3.8) is 0 Å². The molecule has 0 aliphatic carbocycles. The maximum atomic E-state index is 12.5. The number of anilines is 1. The largest absolute Gasteiger partial charge is 0.435 e. The zero-order chi connectivity index (χ0) is 20.9. The topological polar surface area (TPSA) is 77.4 Å². The van der Waals surface area contributed by atoms with Crippen molar-refractivity contribution >= 4 is 11.6 Å². The Morgan fingerprint density at radius 1 is 1.20 bits per heavy atom. The van der Waals surface area contributed by atoms with E-state index in [1.807, 2.05) is 24.3 Å². The van der Waals surface area contributed by atoms with Gasteiger partial charge in [-0.05, 0) is 42.0 Å². The van der Waals surface area contributed by atoms with Gasteiger partial charge in [0.05, 0.1) is 30.2 Å². The number of rotatable bonds is 6. The van der Waals surface area contributed by atoms with Gasteiger partial charge in [-0.3, -0.25) is 4.79 Å². The molecule has 2 aromatic carbocycles. The first-order valence-electron chi connectivity index (χ1n) is 9.42. The summed E-state index contributed by atoms with van der Waals surface area (Å²) in [6.07, 6.45) is 3.02. The lowest BCUT2D eigenvalue weighted by molar-refractivity contribution is -0.0498. The van der Waals surface area contributed by atoms with Crippen LogP contribution in [0.15, 0.2) is 60.9 Å². The molecule has 1 saturated heterocycles. The number of ether oxygens (including phenoxy) is 2. The standard InChI is InChI=1S/C21H20F2N4O3/c22-21(23)30-18-7-5-17(6-8-18)27-13-15(11-25-27)20(28)26-16-3-1-14(2-4-16)19-12-24-9-10-29-19/h1-8,11,13,19,21,24H,9-10,12H2,(H,26,28)/t19-/m0/s1. The van der Waals surface area contributed by atoms with E-state index in [0.717, 1.165) is 18.7 Å². The highest BCUT2D eigenvalue weighted by Gasteiger charge is 2.16. The van der Waals surface area contributed by atoms with Crippen LogP contribution in [0.3, 0.4) is 0 Å². The van der Waals surface area contributed by atoms with Crippen molar-refractivity contribution in [2.75, 3.05) is 25.0 Å². The van der Waals surface area contributed by atoms with Gasteiger partial charge in [0.1, 0.15) is 5.75 Å². The van der Waals surface area contributed by atoms with Gasteiger partial charge in [-0.2, -0.15) is 13.9 Å². The third kappa shape index (κ3) is 4.81. The third-order valence-corrected chi connectivity index (χ3v) is 4.64. The molecule has 9 heteroatoms. The second-order valence-corrected chi connectivity index (χ2v) is 6.69. The highest BCUT2D eigenvalue weighted by Crippen LogP contribution is 2.21. The summed E-state index contributed by atoms with van der Waals surface area (Å²) in [5.41, 5.74) is 2.69. The van der Waals surface area contributed by atoms with E-state index in [9.17, 15) is 13.6 Å². The molecule has 1 aromatic heterocycles. The summed E-state index contributed by atoms with van der Waals surface area (Å²) in [7, 11) is 0. The zero-order valence-corrected chi connectivity index (χ0v) is 15.9. The van der Waals surface area contributed by atoms with Crippen LogP contribution in [0.2, 0.25) is 0 Å². The van der Waals surface area contributed by atoms with Crippen LogP contribution in [0.4, 0.5) is 14.5 Å². The fourth-order valence-electron chi connectivity index (χ4n) is 3.13. The first-order chi connectivity index (χ1) is 14.6. The van der Waals surface area contributed by atoms with E-state index >= 15 is 0 Å². The summed E-state index contributed by atoms with van der Waals surface area (Å²) in [4.78, 5) is 12.5. The molecule has 4 rings (SSSR count). The Bertz CT molecular complexity index is 984. The number of carbonyl (C=O) groups is 1. The van der Waals surface area contributed by atoms with Gasteiger partial charge in [0.15, 0.2) is 0 Å². The van der Waals surface area contributed by atoms with E-state index < -0.39 is 6.61 Å². The minimum absolute atomic E-state index is 0.0132. The van der Waals surface area contributed by atoms with Gasteiger partial charge in [0.25, 0.3) is 5.91 Å². The van der Waals surface area contributed by atoms with Gasteiger partial charge >= 0.3 is 6.61 Å². The van der Waals surface area contributed by atoms with Crippen molar-refractivity contribution in [1.29, 1.82) is 0 Å². The van der Waals surface area contributed by atoms with Crippen LogP contribution in [0, 0.1) is 0 Å². The smallest absolute Gasteiger partial charge is 0.387 e. The second kappa shape index (κ2) is 9.02. The normalized spacial score (nSPS) is 16.4. The van der Waals surface area contributed by atoms with Gasteiger partial charge in [0.2, 0.25) is 0 Å². The van der Waals surface area contributed by atoms with Gasteiger partial charge in [-0.1, -0.05) is 12.1 Å². The average molecular weight is 414 g/mol. The lowest BCUT2D eigenvalue weighted by atomic mass is 10.1. The summed E-state index contributed by atoms with van der Waals surface area (Å²) >= 11 is 0. The maximum Gasteiger partial charge on any atom is 0.387 e. The first kappa shape index (κ1) is 20.0. The number of hydrogen-bond donors (Lipinski definition) is 2. The number of alkyl halides is 2. The predicted octanol–water partition coefficient (Wildman–Crippen LogP) is 3.39. The van der Waals surface area contributed by atoms with Crippen LogP contribution < -0.4 is 15.4 Å². The Kier molecular flexibility index (Phi) is 6.01. The minimum Gasteiger partial charge on any atom is -0.435 e. The number of aromatic nitrogens is 2. The summed E-state index contributed by atoms with van der Waals surface area (Å²) in [6.45, 7) is -0.585. The number of amides is 1. The second-order valence-electron chi connectivity index (χ2n) is 6.69. The number of morpholine rings is 1. The van der Waals surface area contributed by atoms with E-state index in [1.165, 1.54) is 23.0 Å². The van der Waals surface area contributed by atoms with Gasteiger partial charge in [-0.15, -0.1) is 0 Å². The highest BCUT2D eigenvalue weighted by molar-refractivity contribution is 6.04. The molecule has 156 valence electrons. The van der Waals surface area contributed by atoms with E-state index in [-0.39, 0.29) is 17.8 Å². The monoisotopic (exact) mass is 414 g/mol. The summed E-state index contributed by atoms with van der Waals surface area (Å²) in [5.74, 6) is -0.251. The van der Waals surface area contributed by atoms with Crippen LogP contribution in [0.25, 0.3) is 5.69 Å².